The van der Waals surface area contributed by atoms with Gasteiger partial charge in [0.25, 0.3) is 0 Å². The van der Waals surface area contributed by atoms with Gasteiger partial charge in [0.15, 0.2) is 0 Å². The topological polar surface area (TPSA) is 75.1 Å². The number of carboxylic acids is 1. The molecular formula is C18H15N3O2. The van der Waals surface area contributed by atoms with Crippen molar-refractivity contribution < 1.29 is 9.90 Å². The quantitative estimate of drug-likeness (QED) is 0.755. The van der Waals surface area contributed by atoms with Gasteiger partial charge in [-0.15, -0.1) is 0 Å². The summed E-state index contributed by atoms with van der Waals surface area (Å²) < 4.78 is 0. The molecule has 0 bridgehead atoms. The summed E-state index contributed by atoms with van der Waals surface area (Å²) in [6, 6.07) is 14.8. The number of carbonyl (C=O) groups is 1. The van der Waals surface area contributed by atoms with Crippen molar-refractivity contribution in [3.63, 3.8) is 0 Å². The predicted octanol–water partition coefficient (Wildman–Crippen LogP) is 3.45. The zero-order valence-corrected chi connectivity index (χ0v) is 12.3. The zero-order valence-electron chi connectivity index (χ0n) is 12.3. The molecule has 2 N–H and O–H groups in total. The van der Waals surface area contributed by atoms with Gasteiger partial charge in [0.05, 0.1) is 11.8 Å². The summed E-state index contributed by atoms with van der Waals surface area (Å²) in [6.07, 6.45) is 4.92. The van der Waals surface area contributed by atoms with Gasteiger partial charge in [0, 0.05) is 18.9 Å². The van der Waals surface area contributed by atoms with Crippen molar-refractivity contribution in [2.45, 2.75) is 6.54 Å². The maximum atomic E-state index is 11.3. The fourth-order valence-corrected chi connectivity index (χ4v) is 2.31. The lowest BCUT2D eigenvalue weighted by Gasteiger charge is -2.08. The van der Waals surface area contributed by atoms with Crippen molar-refractivity contribution in [1.29, 1.82) is 0 Å². The van der Waals surface area contributed by atoms with Gasteiger partial charge in [0.1, 0.15) is 5.82 Å². The van der Waals surface area contributed by atoms with Crippen LogP contribution in [0.2, 0.25) is 0 Å². The number of carboxylic acid groups (broad SMARTS) is 1. The third kappa shape index (κ3) is 3.52. The molecule has 0 aliphatic carbocycles. The van der Waals surface area contributed by atoms with Crippen LogP contribution in [0.4, 0.5) is 5.82 Å². The number of anilines is 1. The Morgan fingerprint density at radius 2 is 1.83 bits per heavy atom. The van der Waals surface area contributed by atoms with Gasteiger partial charge in [-0.2, -0.15) is 0 Å². The molecule has 0 saturated carbocycles. The van der Waals surface area contributed by atoms with E-state index in [2.05, 4.69) is 15.3 Å². The first-order valence-corrected chi connectivity index (χ1v) is 7.15. The van der Waals surface area contributed by atoms with Crippen molar-refractivity contribution in [1.82, 2.24) is 9.97 Å². The normalized spacial score (nSPS) is 10.3. The van der Waals surface area contributed by atoms with Crippen LogP contribution in [-0.2, 0) is 6.54 Å². The van der Waals surface area contributed by atoms with Gasteiger partial charge in [-0.1, -0.05) is 42.5 Å². The average Bonchev–Trinajstić information content (AvgIpc) is 2.61. The minimum absolute atomic E-state index is 0.304. The van der Waals surface area contributed by atoms with Crippen LogP contribution in [0.3, 0.4) is 0 Å². The molecule has 0 fully saturated rings. The van der Waals surface area contributed by atoms with Crippen LogP contribution in [0, 0.1) is 0 Å². The van der Waals surface area contributed by atoms with Crippen molar-refractivity contribution >= 4 is 11.8 Å². The van der Waals surface area contributed by atoms with E-state index in [1.807, 2.05) is 36.4 Å². The van der Waals surface area contributed by atoms with E-state index in [0.29, 0.717) is 23.5 Å². The molecule has 23 heavy (non-hydrogen) atoms. The molecule has 0 spiro atoms. The minimum Gasteiger partial charge on any atom is -0.478 e. The minimum atomic E-state index is -0.922. The molecule has 2 aromatic carbocycles. The Balaban J connectivity index is 1.76. The molecule has 1 aromatic heterocycles. The van der Waals surface area contributed by atoms with Crippen LogP contribution < -0.4 is 5.32 Å². The first kappa shape index (κ1) is 14.7. The molecule has 3 rings (SSSR count). The monoisotopic (exact) mass is 305 g/mol. The van der Waals surface area contributed by atoms with E-state index >= 15 is 0 Å². The molecule has 0 unspecified atom stereocenters. The molecule has 0 radical (unpaired) electrons. The van der Waals surface area contributed by atoms with Crippen LogP contribution >= 0.6 is 0 Å². The van der Waals surface area contributed by atoms with Crippen LogP contribution in [0.15, 0.2) is 67.1 Å². The van der Waals surface area contributed by atoms with Crippen LogP contribution in [0.1, 0.15) is 15.9 Å². The smallest absolute Gasteiger partial charge is 0.336 e. The number of hydrogen-bond acceptors (Lipinski definition) is 4. The molecule has 5 nitrogen and oxygen atoms in total. The molecule has 0 aliphatic heterocycles. The Bertz CT molecular complexity index is 802. The van der Waals surface area contributed by atoms with Gasteiger partial charge in [-0.3, -0.25) is 4.98 Å². The maximum Gasteiger partial charge on any atom is 0.336 e. The molecular weight excluding hydrogens is 290 g/mol. The van der Waals surface area contributed by atoms with Crippen molar-refractivity contribution in [2.75, 3.05) is 5.32 Å². The molecule has 3 aromatic rings. The summed E-state index contributed by atoms with van der Waals surface area (Å²) in [5, 5.41) is 12.5. The summed E-state index contributed by atoms with van der Waals surface area (Å²) in [4.78, 5) is 19.4. The van der Waals surface area contributed by atoms with E-state index in [9.17, 15) is 9.90 Å². The van der Waals surface area contributed by atoms with E-state index in [1.165, 1.54) is 0 Å². The average molecular weight is 305 g/mol. The van der Waals surface area contributed by atoms with Gasteiger partial charge in [0.2, 0.25) is 0 Å². The molecule has 5 heteroatoms. The second-order valence-electron chi connectivity index (χ2n) is 4.99. The maximum absolute atomic E-state index is 11.3. The highest BCUT2D eigenvalue weighted by Crippen LogP contribution is 2.24. The summed E-state index contributed by atoms with van der Waals surface area (Å²) in [6.45, 7) is 0.625. The lowest BCUT2D eigenvalue weighted by atomic mass is 9.99. The Hall–Kier alpha value is -3.21. The first-order valence-electron chi connectivity index (χ1n) is 7.15. The molecule has 1 heterocycles. The summed E-state index contributed by atoms with van der Waals surface area (Å²) in [5.74, 6) is -0.207. The Morgan fingerprint density at radius 3 is 2.52 bits per heavy atom. The zero-order chi connectivity index (χ0) is 16.1. The molecule has 0 aliphatic rings. The van der Waals surface area contributed by atoms with Crippen molar-refractivity contribution in [2.24, 2.45) is 0 Å². The fraction of sp³-hybridized carbons (Fsp3) is 0.0556. The van der Waals surface area contributed by atoms with Crippen LogP contribution in [0.5, 0.6) is 0 Å². The number of benzene rings is 2. The third-order valence-corrected chi connectivity index (χ3v) is 3.46. The Kier molecular flexibility index (Phi) is 4.29. The van der Waals surface area contributed by atoms with Gasteiger partial charge in [-0.25, -0.2) is 9.78 Å². The largest absolute Gasteiger partial charge is 0.478 e. The Morgan fingerprint density at radius 1 is 1.04 bits per heavy atom. The number of nitrogens with one attached hydrogen (secondary N) is 1. The van der Waals surface area contributed by atoms with E-state index in [4.69, 9.17) is 0 Å². The van der Waals surface area contributed by atoms with Gasteiger partial charge in [-0.05, 0) is 22.8 Å². The van der Waals surface area contributed by atoms with Crippen LogP contribution in [-0.4, -0.2) is 21.0 Å². The standard InChI is InChI=1S/C18H15N3O2/c22-18(23)16-4-2-1-3-15(16)14-7-5-13(6-8-14)11-21-17-12-19-9-10-20-17/h1-10,12H,11H2,(H,20,21)(H,22,23). The second kappa shape index (κ2) is 6.70. The van der Waals surface area contributed by atoms with Gasteiger partial charge >= 0.3 is 5.97 Å². The summed E-state index contributed by atoms with van der Waals surface area (Å²) in [7, 11) is 0. The van der Waals surface area contributed by atoms with E-state index < -0.39 is 5.97 Å². The van der Waals surface area contributed by atoms with Crippen molar-refractivity contribution in [3.8, 4) is 11.1 Å². The molecule has 0 atom stereocenters. The molecule has 0 saturated heterocycles. The Labute approximate surface area is 133 Å². The lowest BCUT2D eigenvalue weighted by molar-refractivity contribution is 0.0697. The highest BCUT2D eigenvalue weighted by Gasteiger charge is 2.10. The van der Waals surface area contributed by atoms with Gasteiger partial charge < -0.3 is 10.4 Å². The highest BCUT2D eigenvalue weighted by atomic mass is 16.4. The number of aromatic carboxylic acids is 1. The lowest BCUT2D eigenvalue weighted by Crippen LogP contribution is -2.02. The number of hydrogen-bond donors (Lipinski definition) is 2. The highest BCUT2D eigenvalue weighted by molar-refractivity contribution is 5.95. The first-order chi connectivity index (χ1) is 11.2. The number of aromatic nitrogens is 2. The summed E-state index contributed by atoms with van der Waals surface area (Å²) in [5.41, 5.74) is 2.98. The van der Waals surface area contributed by atoms with Crippen LogP contribution in [0.25, 0.3) is 11.1 Å². The number of nitrogens with zero attached hydrogens (tertiary/aromatic N) is 2. The van der Waals surface area contributed by atoms with E-state index in [-0.39, 0.29) is 0 Å². The fourth-order valence-electron chi connectivity index (χ4n) is 2.31. The molecule has 114 valence electrons. The predicted molar refractivity (Wildman–Crippen MR) is 88.2 cm³/mol. The molecule has 0 amide bonds. The van der Waals surface area contributed by atoms with Crippen molar-refractivity contribution in [3.05, 3.63) is 78.2 Å². The van der Waals surface area contributed by atoms with E-state index in [0.717, 1.165) is 11.1 Å². The third-order valence-electron chi connectivity index (χ3n) is 3.46. The number of rotatable bonds is 5. The summed E-state index contributed by atoms with van der Waals surface area (Å²) >= 11 is 0. The second-order valence-corrected chi connectivity index (χ2v) is 4.99. The van der Waals surface area contributed by atoms with E-state index in [1.54, 1.807) is 30.7 Å². The SMILES string of the molecule is O=C(O)c1ccccc1-c1ccc(CNc2cnccn2)cc1.